The zero-order chi connectivity index (χ0) is 9.84. The van der Waals surface area contributed by atoms with Gasteiger partial charge in [-0.1, -0.05) is 6.08 Å². The number of aryl methyl sites for hydroxylation is 1. The first-order chi connectivity index (χ1) is 6.15. The van der Waals surface area contributed by atoms with Crippen molar-refractivity contribution in [2.45, 2.75) is 6.92 Å². The second kappa shape index (κ2) is 4.42. The van der Waals surface area contributed by atoms with E-state index in [0.717, 1.165) is 11.3 Å². The van der Waals surface area contributed by atoms with Gasteiger partial charge in [-0.3, -0.25) is 0 Å². The van der Waals surface area contributed by atoms with Crippen molar-refractivity contribution in [1.82, 2.24) is 0 Å². The number of rotatable bonds is 3. The normalized spacial score (nSPS) is 9.77. The van der Waals surface area contributed by atoms with E-state index in [1.165, 1.54) is 6.07 Å². The summed E-state index contributed by atoms with van der Waals surface area (Å²) < 4.78 is 13.6. The summed E-state index contributed by atoms with van der Waals surface area (Å²) in [6, 6.07) is 3.23. The molecule has 0 fully saturated rings. The van der Waals surface area contributed by atoms with E-state index in [9.17, 15) is 4.39 Å². The fourth-order valence-electron chi connectivity index (χ4n) is 1.02. The summed E-state index contributed by atoms with van der Waals surface area (Å²) in [4.78, 5) is 0. The lowest BCUT2D eigenvalue weighted by molar-refractivity contribution is 0.621. The Kier molecular flexibility index (Phi) is 3.48. The molecule has 70 valence electrons. The molecule has 0 amide bonds. The molecule has 3 heteroatoms. The quantitative estimate of drug-likeness (QED) is 0.802. The molecule has 0 atom stereocenters. The fourth-order valence-corrected chi connectivity index (χ4v) is 1.48. The first kappa shape index (κ1) is 10.3. The molecule has 1 nitrogen and oxygen atoms in total. The van der Waals surface area contributed by atoms with Gasteiger partial charge < -0.3 is 5.32 Å². The molecule has 0 heterocycles. The number of benzene rings is 1. The molecule has 13 heavy (non-hydrogen) atoms. The van der Waals surface area contributed by atoms with Crippen LogP contribution in [-0.2, 0) is 0 Å². The lowest BCUT2D eigenvalue weighted by atomic mass is 10.2. The Morgan fingerprint density at radius 1 is 1.62 bits per heavy atom. The van der Waals surface area contributed by atoms with Gasteiger partial charge in [-0.2, -0.15) is 0 Å². The maximum atomic E-state index is 13.1. The van der Waals surface area contributed by atoms with Crippen LogP contribution in [0.25, 0.3) is 0 Å². The summed E-state index contributed by atoms with van der Waals surface area (Å²) in [5, 5.41) is 3.05. The third-order valence-corrected chi connectivity index (χ3v) is 2.31. The number of hydrogen-bond acceptors (Lipinski definition) is 1. The number of anilines is 1. The second-order valence-electron chi connectivity index (χ2n) is 2.75. The van der Waals surface area contributed by atoms with E-state index < -0.39 is 0 Å². The molecular formula is C10H11BrFN. The fraction of sp³-hybridized carbons (Fsp3) is 0.200. The van der Waals surface area contributed by atoms with E-state index in [0.29, 0.717) is 11.0 Å². The molecule has 1 aromatic carbocycles. The summed E-state index contributed by atoms with van der Waals surface area (Å²) in [6.45, 7) is 6.15. The van der Waals surface area contributed by atoms with E-state index in [2.05, 4.69) is 27.8 Å². The van der Waals surface area contributed by atoms with E-state index >= 15 is 0 Å². The molecule has 0 bridgehead atoms. The maximum Gasteiger partial charge on any atom is 0.139 e. The average molecular weight is 244 g/mol. The highest BCUT2D eigenvalue weighted by Crippen LogP contribution is 2.23. The van der Waals surface area contributed by atoms with E-state index in [-0.39, 0.29) is 5.82 Å². The minimum Gasteiger partial charge on any atom is -0.381 e. The first-order valence-electron chi connectivity index (χ1n) is 3.95. The van der Waals surface area contributed by atoms with Crippen molar-refractivity contribution in [3.8, 4) is 0 Å². The van der Waals surface area contributed by atoms with Crippen molar-refractivity contribution in [2.24, 2.45) is 0 Å². The molecule has 0 saturated heterocycles. The zero-order valence-electron chi connectivity index (χ0n) is 7.40. The van der Waals surface area contributed by atoms with E-state index in [1.54, 1.807) is 12.1 Å². The Morgan fingerprint density at radius 2 is 2.31 bits per heavy atom. The smallest absolute Gasteiger partial charge is 0.139 e. The number of nitrogens with one attached hydrogen (secondary N) is 1. The molecule has 1 aromatic rings. The lowest BCUT2D eigenvalue weighted by Crippen LogP contribution is -2.00. The van der Waals surface area contributed by atoms with Gasteiger partial charge in [-0.05, 0) is 40.5 Å². The summed E-state index contributed by atoms with van der Waals surface area (Å²) >= 11 is 3.13. The van der Waals surface area contributed by atoms with Gasteiger partial charge in [0.15, 0.2) is 0 Å². The SMILES string of the molecule is C=CCNc1cc(F)c(Br)cc1C. The van der Waals surface area contributed by atoms with Crippen LogP contribution in [0.5, 0.6) is 0 Å². The summed E-state index contributed by atoms with van der Waals surface area (Å²) in [6.07, 6.45) is 1.74. The van der Waals surface area contributed by atoms with Gasteiger partial charge in [0.1, 0.15) is 5.82 Å². The minimum absolute atomic E-state index is 0.253. The molecule has 0 aliphatic heterocycles. The van der Waals surface area contributed by atoms with Crippen LogP contribution < -0.4 is 5.32 Å². The van der Waals surface area contributed by atoms with Crippen LogP contribution in [0.3, 0.4) is 0 Å². The van der Waals surface area contributed by atoms with Crippen LogP contribution in [-0.4, -0.2) is 6.54 Å². The number of halogens is 2. The molecule has 0 radical (unpaired) electrons. The number of hydrogen-bond donors (Lipinski definition) is 1. The van der Waals surface area contributed by atoms with Crippen LogP contribution >= 0.6 is 15.9 Å². The predicted octanol–water partition coefficient (Wildman–Crippen LogP) is 3.49. The highest BCUT2D eigenvalue weighted by Gasteiger charge is 2.03. The van der Waals surface area contributed by atoms with Gasteiger partial charge in [0.2, 0.25) is 0 Å². The Balaban J connectivity index is 2.94. The molecular weight excluding hydrogens is 233 g/mol. The molecule has 0 aromatic heterocycles. The Labute approximate surface area is 85.8 Å². The lowest BCUT2D eigenvalue weighted by Gasteiger charge is -2.08. The average Bonchev–Trinajstić information content (AvgIpc) is 2.09. The Hall–Kier alpha value is -0.830. The molecule has 0 saturated carbocycles. The second-order valence-corrected chi connectivity index (χ2v) is 3.61. The largest absolute Gasteiger partial charge is 0.381 e. The minimum atomic E-state index is -0.253. The van der Waals surface area contributed by atoms with Crippen LogP contribution in [0.1, 0.15) is 5.56 Å². The van der Waals surface area contributed by atoms with Crippen LogP contribution in [0.4, 0.5) is 10.1 Å². The van der Waals surface area contributed by atoms with Crippen molar-refractivity contribution in [1.29, 1.82) is 0 Å². The Bertz CT molecular complexity index is 323. The highest BCUT2D eigenvalue weighted by molar-refractivity contribution is 9.10. The van der Waals surface area contributed by atoms with Crippen molar-refractivity contribution in [2.75, 3.05) is 11.9 Å². The summed E-state index contributed by atoms with van der Waals surface area (Å²) in [7, 11) is 0. The predicted molar refractivity (Wildman–Crippen MR) is 57.5 cm³/mol. The molecule has 0 aliphatic carbocycles. The van der Waals surface area contributed by atoms with E-state index in [1.807, 2.05) is 6.92 Å². The topological polar surface area (TPSA) is 12.0 Å². The van der Waals surface area contributed by atoms with Gasteiger partial charge in [-0.25, -0.2) is 4.39 Å². The third-order valence-electron chi connectivity index (χ3n) is 1.70. The van der Waals surface area contributed by atoms with Gasteiger partial charge in [0.05, 0.1) is 4.47 Å². The van der Waals surface area contributed by atoms with Gasteiger partial charge >= 0.3 is 0 Å². The van der Waals surface area contributed by atoms with Gasteiger partial charge in [-0.15, -0.1) is 6.58 Å². The van der Waals surface area contributed by atoms with Crippen LogP contribution in [0.2, 0.25) is 0 Å². The standard InChI is InChI=1S/C10H11BrFN/c1-3-4-13-10-6-9(12)8(11)5-7(10)2/h3,5-6,13H,1,4H2,2H3. The first-order valence-corrected chi connectivity index (χ1v) is 4.75. The van der Waals surface area contributed by atoms with Gasteiger partial charge in [0.25, 0.3) is 0 Å². The maximum absolute atomic E-state index is 13.1. The van der Waals surface area contributed by atoms with Crippen molar-refractivity contribution in [3.05, 3.63) is 40.6 Å². The van der Waals surface area contributed by atoms with Crippen molar-refractivity contribution in [3.63, 3.8) is 0 Å². The van der Waals surface area contributed by atoms with Crippen LogP contribution in [0.15, 0.2) is 29.3 Å². The molecule has 0 unspecified atom stereocenters. The van der Waals surface area contributed by atoms with Crippen molar-refractivity contribution >= 4 is 21.6 Å². The molecule has 1 N–H and O–H groups in total. The molecule has 1 rings (SSSR count). The van der Waals surface area contributed by atoms with Gasteiger partial charge in [0, 0.05) is 12.2 Å². The summed E-state index contributed by atoms with van der Waals surface area (Å²) in [5.74, 6) is -0.253. The molecule has 0 spiro atoms. The van der Waals surface area contributed by atoms with Crippen molar-refractivity contribution < 1.29 is 4.39 Å². The molecule has 0 aliphatic rings. The Morgan fingerprint density at radius 3 is 2.92 bits per heavy atom. The monoisotopic (exact) mass is 243 g/mol. The van der Waals surface area contributed by atoms with Crippen LogP contribution in [0, 0.1) is 12.7 Å². The summed E-state index contributed by atoms with van der Waals surface area (Å²) in [5.41, 5.74) is 1.82. The van der Waals surface area contributed by atoms with E-state index in [4.69, 9.17) is 0 Å². The highest BCUT2D eigenvalue weighted by atomic mass is 79.9. The third kappa shape index (κ3) is 2.56. The zero-order valence-corrected chi connectivity index (χ0v) is 8.99.